The van der Waals surface area contributed by atoms with Crippen molar-refractivity contribution in [3.05, 3.63) is 29.3 Å². The van der Waals surface area contributed by atoms with Gasteiger partial charge in [0, 0.05) is 22.7 Å². The molecule has 2 rings (SSSR count). The zero-order chi connectivity index (χ0) is 12.3. The van der Waals surface area contributed by atoms with Crippen molar-refractivity contribution in [1.82, 2.24) is 0 Å². The van der Waals surface area contributed by atoms with Crippen molar-refractivity contribution in [3.8, 4) is 11.8 Å². The van der Waals surface area contributed by atoms with Crippen LogP contribution in [0.4, 0.5) is 0 Å². The number of benzene rings is 1. The highest BCUT2D eigenvalue weighted by molar-refractivity contribution is 9.08. The fourth-order valence-electron chi connectivity index (χ4n) is 1.97. The Morgan fingerprint density at radius 1 is 1.47 bits per heavy atom. The Morgan fingerprint density at radius 3 is 2.82 bits per heavy atom. The summed E-state index contributed by atoms with van der Waals surface area (Å²) >= 11 is 3.48. The number of halogens is 1. The van der Waals surface area contributed by atoms with Gasteiger partial charge in [-0.05, 0) is 25.3 Å². The fraction of sp³-hybridized carbons (Fsp3) is 0.500. The van der Waals surface area contributed by atoms with Crippen molar-refractivity contribution in [1.29, 1.82) is 5.26 Å². The summed E-state index contributed by atoms with van der Waals surface area (Å²) in [6.07, 6.45) is 2.86. The van der Waals surface area contributed by atoms with Crippen molar-refractivity contribution < 1.29 is 4.74 Å². The van der Waals surface area contributed by atoms with Gasteiger partial charge in [0.2, 0.25) is 0 Å². The third kappa shape index (κ3) is 2.81. The van der Waals surface area contributed by atoms with Gasteiger partial charge in [0.05, 0.1) is 12.7 Å². The van der Waals surface area contributed by atoms with E-state index in [0.717, 1.165) is 29.5 Å². The van der Waals surface area contributed by atoms with Gasteiger partial charge >= 0.3 is 0 Å². The number of hydrogen-bond donors (Lipinski definition) is 0. The molecule has 0 radical (unpaired) electrons. The minimum Gasteiger partial charge on any atom is -0.492 e. The topological polar surface area (TPSA) is 33.0 Å². The van der Waals surface area contributed by atoms with E-state index in [0.29, 0.717) is 13.0 Å². The third-order valence-electron chi connectivity index (χ3n) is 3.37. The molecule has 2 nitrogen and oxygen atoms in total. The summed E-state index contributed by atoms with van der Waals surface area (Å²) in [6, 6.07) is 8.43. The molecular weight excluding hydrogens is 278 g/mol. The molecule has 1 saturated carbocycles. The van der Waals surface area contributed by atoms with Gasteiger partial charge in [-0.1, -0.05) is 34.1 Å². The van der Waals surface area contributed by atoms with Crippen molar-refractivity contribution in [2.24, 2.45) is 5.41 Å². The van der Waals surface area contributed by atoms with Crippen molar-refractivity contribution in [2.45, 2.75) is 31.5 Å². The molecule has 90 valence electrons. The first-order valence-electron chi connectivity index (χ1n) is 5.85. The molecule has 0 N–H and O–H groups in total. The largest absolute Gasteiger partial charge is 0.492 e. The maximum Gasteiger partial charge on any atom is 0.126 e. The highest BCUT2D eigenvalue weighted by Crippen LogP contribution is 2.49. The molecule has 1 aromatic carbocycles. The average molecular weight is 294 g/mol. The van der Waals surface area contributed by atoms with Gasteiger partial charge < -0.3 is 4.74 Å². The van der Waals surface area contributed by atoms with Crippen LogP contribution in [0.2, 0.25) is 0 Å². The second-order valence-electron chi connectivity index (χ2n) is 4.82. The lowest BCUT2D eigenvalue weighted by Gasteiger charge is -2.17. The summed E-state index contributed by atoms with van der Waals surface area (Å²) < 4.78 is 5.96. The summed E-state index contributed by atoms with van der Waals surface area (Å²) in [5.74, 6) is 0.980. The number of aryl methyl sites for hydroxylation is 1. The van der Waals surface area contributed by atoms with Crippen LogP contribution in [-0.4, -0.2) is 6.61 Å². The fourth-order valence-corrected chi connectivity index (χ4v) is 2.41. The minimum atomic E-state index is 0.139. The van der Waals surface area contributed by atoms with E-state index in [1.165, 1.54) is 5.56 Å². The summed E-state index contributed by atoms with van der Waals surface area (Å²) in [5, 5.41) is 9.58. The number of rotatable bonds is 5. The first-order valence-corrected chi connectivity index (χ1v) is 6.97. The van der Waals surface area contributed by atoms with Crippen LogP contribution in [0.25, 0.3) is 0 Å². The minimum absolute atomic E-state index is 0.139. The average Bonchev–Trinajstić information content (AvgIpc) is 3.08. The van der Waals surface area contributed by atoms with E-state index >= 15 is 0 Å². The SMILES string of the molecule is Cc1cccc(CBr)c1OCC1(CC#N)CC1. The predicted molar refractivity (Wildman–Crippen MR) is 71.2 cm³/mol. The zero-order valence-electron chi connectivity index (χ0n) is 10.0. The van der Waals surface area contributed by atoms with E-state index in [1.807, 2.05) is 6.07 Å². The van der Waals surface area contributed by atoms with Gasteiger partial charge in [-0.3, -0.25) is 0 Å². The van der Waals surface area contributed by atoms with Crippen molar-refractivity contribution in [3.63, 3.8) is 0 Å². The van der Waals surface area contributed by atoms with Crippen molar-refractivity contribution in [2.75, 3.05) is 6.61 Å². The summed E-state index contributed by atoms with van der Waals surface area (Å²) in [6.45, 7) is 2.73. The lowest BCUT2D eigenvalue weighted by Crippen LogP contribution is -2.13. The van der Waals surface area contributed by atoms with E-state index < -0.39 is 0 Å². The van der Waals surface area contributed by atoms with Crippen LogP contribution in [-0.2, 0) is 5.33 Å². The van der Waals surface area contributed by atoms with E-state index in [9.17, 15) is 0 Å². The van der Waals surface area contributed by atoms with Gasteiger partial charge in [0.15, 0.2) is 0 Å². The maximum atomic E-state index is 8.78. The molecule has 0 aromatic heterocycles. The molecule has 0 saturated heterocycles. The quantitative estimate of drug-likeness (QED) is 0.770. The Bertz CT molecular complexity index is 446. The van der Waals surface area contributed by atoms with Crippen LogP contribution in [0.3, 0.4) is 0 Å². The monoisotopic (exact) mass is 293 g/mol. The first-order chi connectivity index (χ1) is 8.21. The predicted octanol–water partition coefficient (Wildman–Crippen LogP) is 3.96. The normalized spacial score (nSPS) is 16.3. The molecule has 17 heavy (non-hydrogen) atoms. The van der Waals surface area contributed by atoms with E-state index in [1.54, 1.807) is 0 Å². The van der Waals surface area contributed by atoms with Gasteiger partial charge in [-0.25, -0.2) is 0 Å². The zero-order valence-corrected chi connectivity index (χ0v) is 11.6. The van der Waals surface area contributed by atoms with Gasteiger partial charge in [-0.2, -0.15) is 5.26 Å². The molecular formula is C14H16BrNO. The highest BCUT2D eigenvalue weighted by Gasteiger charge is 2.43. The van der Waals surface area contributed by atoms with Crippen LogP contribution >= 0.6 is 15.9 Å². The Morgan fingerprint density at radius 2 is 2.24 bits per heavy atom. The maximum absolute atomic E-state index is 8.78. The van der Waals surface area contributed by atoms with Crippen LogP contribution in [0.1, 0.15) is 30.4 Å². The molecule has 1 aromatic rings. The molecule has 0 unspecified atom stereocenters. The van der Waals surface area contributed by atoms with E-state index in [2.05, 4.69) is 41.1 Å². The molecule has 0 bridgehead atoms. The smallest absolute Gasteiger partial charge is 0.126 e. The number of hydrogen-bond acceptors (Lipinski definition) is 2. The number of nitriles is 1. The number of para-hydroxylation sites is 1. The summed E-state index contributed by atoms with van der Waals surface area (Å²) in [4.78, 5) is 0. The highest BCUT2D eigenvalue weighted by atomic mass is 79.9. The Hall–Kier alpha value is -1.01. The molecule has 0 amide bonds. The first kappa shape index (κ1) is 12.4. The Labute approximate surface area is 111 Å². The molecule has 0 heterocycles. The molecule has 3 heteroatoms. The van der Waals surface area contributed by atoms with Crippen LogP contribution in [0, 0.1) is 23.7 Å². The second kappa shape index (κ2) is 5.10. The third-order valence-corrected chi connectivity index (χ3v) is 3.98. The second-order valence-corrected chi connectivity index (χ2v) is 5.38. The standard InChI is InChI=1S/C14H16BrNO/c1-11-3-2-4-12(9-15)13(11)17-10-14(5-6-14)7-8-16/h2-4H,5-7,9-10H2,1H3. The van der Waals surface area contributed by atoms with Crippen LogP contribution in [0.15, 0.2) is 18.2 Å². The lowest BCUT2D eigenvalue weighted by atomic mass is 10.1. The molecule has 0 aliphatic heterocycles. The lowest BCUT2D eigenvalue weighted by molar-refractivity contribution is 0.234. The van der Waals surface area contributed by atoms with E-state index in [-0.39, 0.29) is 5.41 Å². The number of ether oxygens (including phenoxy) is 1. The van der Waals surface area contributed by atoms with Gasteiger partial charge in [0.25, 0.3) is 0 Å². The van der Waals surface area contributed by atoms with E-state index in [4.69, 9.17) is 10.00 Å². The molecule has 0 atom stereocenters. The van der Waals surface area contributed by atoms with Gasteiger partial charge in [-0.15, -0.1) is 0 Å². The Kier molecular flexibility index (Phi) is 3.73. The summed E-state index contributed by atoms with van der Waals surface area (Å²) in [5.41, 5.74) is 2.48. The molecule has 1 fully saturated rings. The number of alkyl halides is 1. The molecule has 0 spiro atoms. The van der Waals surface area contributed by atoms with Gasteiger partial charge in [0.1, 0.15) is 5.75 Å². The van der Waals surface area contributed by atoms with Crippen molar-refractivity contribution >= 4 is 15.9 Å². The summed E-state index contributed by atoms with van der Waals surface area (Å²) in [7, 11) is 0. The van der Waals surface area contributed by atoms with Crippen LogP contribution in [0.5, 0.6) is 5.75 Å². The molecule has 1 aliphatic carbocycles. The Balaban J connectivity index is 2.07. The van der Waals surface area contributed by atoms with Crippen LogP contribution < -0.4 is 4.74 Å². The number of nitrogens with zero attached hydrogens (tertiary/aromatic N) is 1. The molecule has 1 aliphatic rings.